The maximum Gasteiger partial charge on any atom is 0.235 e. The normalized spacial score (nSPS) is 18.8. The van der Waals surface area contributed by atoms with Gasteiger partial charge >= 0.3 is 0 Å². The van der Waals surface area contributed by atoms with Gasteiger partial charge in [-0.25, -0.2) is 4.39 Å². The molecule has 2 aromatic carbocycles. The van der Waals surface area contributed by atoms with Crippen LogP contribution in [0.3, 0.4) is 0 Å². The van der Waals surface area contributed by atoms with Crippen molar-refractivity contribution in [1.29, 1.82) is 5.26 Å². The first-order valence-electron chi connectivity index (χ1n) is 8.35. The average molecular weight is 396 g/mol. The number of benzene rings is 2. The zero-order valence-electron chi connectivity index (χ0n) is 14.9. The summed E-state index contributed by atoms with van der Waals surface area (Å²) < 4.78 is 18.5. The number of rotatable bonds is 4. The average Bonchev–Trinajstić information content (AvgIpc) is 2.68. The molecule has 2 aromatic rings. The van der Waals surface area contributed by atoms with Crippen LogP contribution in [0.25, 0.3) is 0 Å². The van der Waals surface area contributed by atoms with Crippen LogP contribution >= 0.6 is 12.2 Å². The zero-order valence-corrected chi connectivity index (χ0v) is 15.7. The van der Waals surface area contributed by atoms with E-state index >= 15 is 0 Å². The molecule has 0 spiro atoms. The van der Waals surface area contributed by atoms with Gasteiger partial charge in [0.05, 0.1) is 23.7 Å². The SMILES string of the molecule is COc1cccc(NC(=O)[C@H]2C(=S)NC(N)=C(C#N)[C@H]2c2ccc(F)cc2)c1. The topological polar surface area (TPSA) is 100 Å². The van der Waals surface area contributed by atoms with Crippen molar-refractivity contribution >= 4 is 28.8 Å². The van der Waals surface area contributed by atoms with Gasteiger partial charge in [0.25, 0.3) is 0 Å². The van der Waals surface area contributed by atoms with Crippen molar-refractivity contribution in [2.45, 2.75) is 5.92 Å². The number of hydrogen-bond donors (Lipinski definition) is 3. The molecular weight excluding hydrogens is 379 g/mol. The minimum absolute atomic E-state index is 0.0901. The smallest absolute Gasteiger partial charge is 0.235 e. The maximum atomic E-state index is 13.4. The molecule has 8 heteroatoms. The molecule has 0 aliphatic carbocycles. The summed E-state index contributed by atoms with van der Waals surface area (Å²) in [6, 6.07) is 14.5. The number of amides is 1. The van der Waals surface area contributed by atoms with E-state index in [0.29, 0.717) is 17.0 Å². The Morgan fingerprint density at radius 3 is 2.68 bits per heavy atom. The van der Waals surface area contributed by atoms with E-state index in [-0.39, 0.29) is 16.4 Å². The van der Waals surface area contributed by atoms with Gasteiger partial charge in [-0.3, -0.25) is 4.79 Å². The van der Waals surface area contributed by atoms with Crippen LogP contribution in [0.15, 0.2) is 59.9 Å². The van der Waals surface area contributed by atoms with Crippen LogP contribution in [0.2, 0.25) is 0 Å². The van der Waals surface area contributed by atoms with E-state index in [1.54, 1.807) is 24.3 Å². The molecule has 1 aliphatic heterocycles. The predicted molar refractivity (Wildman–Crippen MR) is 107 cm³/mol. The van der Waals surface area contributed by atoms with Crippen LogP contribution in [0, 0.1) is 23.1 Å². The summed E-state index contributed by atoms with van der Waals surface area (Å²) >= 11 is 5.35. The molecule has 0 fully saturated rings. The highest BCUT2D eigenvalue weighted by Gasteiger charge is 2.40. The highest BCUT2D eigenvalue weighted by molar-refractivity contribution is 7.80. The second-order valence-corrected chi connectivity index (χ2v) is 6.60. The standard InChI is InChI=1S/C20H17FN4O2S/c1-27-14-4-2-3-13(9-14)24-19(26)17-16(11-5-7-12(21)8-6-11)15(10-22)18(23)25-20(17)28/h2-9,16-17H,23H2,1H3,(H,24,26)(H,25,28)/t16-,17+/m1/s1. The number of methoxy groups -OCH3 is 1. The number of anilines is 1. The summed E-state index contributed by atoms with van der Waals surface area (Å²) in [7, 11) is 1.53. The van der Waals surface area contributed by atoms with Gasteiger partial charge in [-0.15, -0.1) is 0 Å². The molecule has 1 amide bonds. The minimum Gasteiger partial charge on any atom is -0.497 e. The van der Waals surface area contributed by atoms with E-state index < -0.39 is 23.6 Å². The Hall–Kier alpha value is -3.44. The molecule has 1 aliphatic rings. The van der Waals surface area contributed by atoms with Crippen molar-refractivity contribution in [1.82, 2.24) is 5.32 Å². The van der Waals surface area contributed by atoms with E-state index in [9.17, 15) is 14.4 Å². The highest BCUT2D eigenvalue weighted by Crippen LogP contribution is 2.37. The fraction of sp³-hybridized carbons (Fsp3) is 0.150. The first kappa shape index (κ1) is 19.3. The number of carbonyl (C=O) groups excluding carboxylic acids is 1. The first-order chi connectivity index (χ1) is 13.4. The van der Waals surface area contributed by atoms with Crippen LogP contribution in [0.5, 0.6) is 5.75 Å². The Morgan fingerprint density at radius 1 is 1.32 bits per heavy atom. The summed E-state index contributed by atoms with van der Waals surface area (Å²) in [5.74, 6) is -1.79. The zero-order chi connectivity index (χ0) is 20.3. The molecule has 0 bridgehead atoms. The van der Waals surface area contributed by atoms with Gasteiger partial charge in [-0.05, 0) is 29.8 Å². The van der Waals surface area contributed by atoms with Gasteiger partial charge in [0.2, 0.25) is 5.91 Å². The molecule has 1 heterocycles. The van der Waals surface area contributed by atoms with Gasteiger partial charge in [-0.1, -0.05) is 30.4 Å². The molecule has 4 N–H and O–H groups in total. The highest BCUT2D eigenvalue weighted by atomic mass is 32.1. The Bertz CT molecular complexity index is 998. The third-order valence-corrected chi connectivity index (χ3v) is 4.80. The molecule has 0 saturated heterocycles. The summed E-state index contributed by atoms with van der Waals surface area (Å²) in [6.07, 6.45) is 0. The number of ether oxygens (including phenoxy) is 1. The summed E-state index contributed by atoms with van der Waals surface area (Å²) in [6.45, 7) is 0. The van der Waals surface area contributed by atoms with E-state index in [1.807, 2.05) is 6.07 Å². The van der Waals surface area contributed by atoms with Gasteiger partial charge < -0.3 is 21.1 Å². The summed E-state index contributed by atoms with van der Waals surface area (Å²) in [4.78, 5) is 13.3. The van der Waals surface area contributed by atoms with Crippen LogP contribution in [0.1, 0.15) is 11.5 Å². The van der Waals surface area contributed by atoms with Crippen molar-refractivity contribution in [2.24, 2.45) is 11.7 Å². The Morgan fingerprint density at radius 2 is 2.04 bits per heavy atom. The quantitative estimate of drug-likeness (QED) is 0.687. The van der Waals surface area contributed by atoms with Gasteiger partial charge in [0.15, 0.2) is 0 Å². The van der Waals surface area contributed by atoms with E-state index in [2.05, 4.69) is 10.6 Å². The minimum atomic E-state index is -0.895. The molecule has 2 atom stereocenters. The molecule has 0 unspecified atom stereocenters. The van der Waals surface area contributed by atoms with Crippen LogP contribution in [-0.4, -0.2) is 18.0 Å². The molecule has 0 aromatic heterocycles. The fourth-order valence-corrected chi connectivity index (χ4v) is 3.47. The van der Waals surface area contributed by atoms with Gasteiger partial charge in [0.1, 0.15) is 23.3 Å². The number of thiocarbonyl (C=S) groups is 1. The number of nitriles is 1. The fourth-order valence-electron chi connectivity index (χ4n) is 3.11. The lowest BCUT2D eigenvalue weighted by atomic mass is 9.78. The monoisotopic (exact) mass is 396 g/mol. The second kappa shape index (κ2) is 8.06. The number of hydrogen-bond acceptors (Lipinski definition) is 5. The summed E-state index contributed by atoms with van der Waals surface area (Å²) in [5, 5.41) is 15.1. The number of carbonyl (C=O) groups is 1. The van der Waals surface area contributed by atoms with Gasteiger partial charge in [-0.2, -0.15) is 5.26 Å². The lowest BCUT2D eigenvalue weighted by molar-refractivity contribution is -0.118. The van der Waals surface area contributed by atoms with E-state index in [1.165, 1.54) is 31.4 Å². The van der Waals surface area contributed by atoms with Crippen molar-refractivity contribution in [3.05, 3.63) is 71.3 Å². The van der Waals surface area contributed by atoms with Gasteiger partial charge in [0, 0.05) is 17.7 Å². The molecule has 6 nitrogen and oxygen atoms in total. The number of nitrogens with one attached hydrogen (secondary N) is 2. The third kappa shape index (κ3) is 3.80. The lowest BCUT2D eigenvalue weighted by Gasteiger charge is -2.32. The van der Waals surface area contributed by atoms with Crippen molar-refractivity contribution in [3.63, 3.8) is 0 Å². The number of nitrogens with zero attached hydrogens (tertiary/aromatic N) is 1. The largest absolute Gasteiger partial charge is 0.497 e. The van der Waals surface area contributed by atoms with Crippen molar-refractivity contribution in [3.8, 4) is 11.8 Å². The Labute approximate surface area is 166 Å². The molecular formula is C20H17FN4O2S. The number of halogens is 1. The van der Waals surface area contributed by atoms with E-state index in [0.717, 1.165) is 0 Å². The lowest BCUT2D eigenvalue weighted by Crippen LogP contribution is -2.46. The molecule has 0 radical (unpaired) electrons. The molecule has 28 heavy (non-hydrogen) atoms. The third-order valence-electron chi connectivity index (χ3n) is 4.44. The van der Waals surface area contributed by atoms with Crippen molar-refractivity contribution in [2.75, 3.05) is 12.4 Å². The van der Waals surface area contributed by atoms with Crippen LogP contribution in [0.4, 0.5) is 10.1 Å². The number of allylic oxidation sites excluding steroid dienone is 1. The van der Waals surface area contributed by atoms with E-state index in [4.69, 9.17) is 22.7 Å². The van der Waals surface area contributed by atoms with Crippen LogP contribution in [-0.2, 0) is 4.79 Å². The van der Waals surface area contributed by atoms with Crippen LogP contribution < -0.4 is 21.1 Å². The molecule has 0 saturated carbocycles. The Balaban J connectivity index is 2.00. The number of nitrogens with two attached hydrogens (primary N) is 1. The second-order valence-electron chi connectivity index (χ2n) is 6.16. The first-order valence-corrected chi connectivity index (χ1v) is 8.76. The predicted octanol–water partition coefficient (Wildman–Crippen LogP) is 2.80. The Kier molecular flexibility index (Phi) is 5.57. The summed E-state index contributed by atoms with van der Waals surface area (Å²) in [5.41, 5.74) is 7.18. The van der Waals surface area contributed by atoms with Crippen molar-refractivity contribution < 1.29 is 13.9 Å². The molecule has 142 valence electrons. The maximum absolute atomic E-state index is 13.4. The molecule has 3 rings (SSSR count).